The second-order valence-electron chi connectivity index (χ2n) is 7.81. The van der Waals surface area contributed by atoms with Gasteiger partial charge in [0.15, 0.2) is 17.3 Å². The normalized spacial score (nSPS) is 21.6. The Hall–Kier alpha value is -2.70. The van der Waals surface area contributed by atoms with Crippen molar-refractivity contribution in [3.05, 3.63) is 41.4 Å². The zero-order chi connectivity index (χ0) is 20.5. The SMILES string of the molecule is COc1ccc(F)cc1C(=O)C1CCCN(C(=O)C2=CC(=O)CC(C)(C)O2)C1. The molecule has 1 unspecified atom stereocenters. The number of rotatable bonds is 4. The number of likely N-dealkylation sites (tertiary alicyclic amines) is 1. The Bertz CT molecular complexity index is 845. The minimum absolute atomic E-state index is 0.0117. The van der Waals surface area contributed by atoms with Crippen LogP contribution in [0.5, 0.6) is 5.75 Å². The molecule has 1 saturated heterocycles. The molecule has 1 aromatic carbocycles. The summed E-state index contributed by atoms with van der Waals surface area (Å²) in [6.45, 7) is 4.17. The zero-order valence-corrected chi connectivity index (χ0v) is 16.3. The van der Waals surface area contributed by atoms with E-state index in [1.165, 1.54) is 30.2 Å². The van der Waals surface area contributed by atoms with Crippen molar-refractivity contribution in [1.82, 2.24) is 4.90 Å². The van der Waals surface area contributed by atoms with E-state index < -0.39 is 23.2 Å². The third kappa shape index (κ3) is 4.24. The molecule has 2 aliphatic heterocycles. The number of piperidine rings is 1. The van der Waals surface area contributed by atoms with Crippen LogP contribution in [0.25, 0.3) is 0 Å². The van der Waals surface area contributed by atoms with E-state index in [-0.39, 0.29) is 35.9 Å². The van der Waals surface area contributed by atoms with Gasteiger partial charge in [-0.2, -0.15) is 0 Å². The van der Waals surface area contributed by atoms with Crippen molar-refractivity contribution in [2.75, 3.05) is 20.2 Å². The molecular weight excluding hydrogens is 365 g/mol. The van der Waals surface area contributed by atoms with Gasteiger partial charge in [0.2, 0.25) is 0 Å². The lowest BCUT2D eigenvalue weighted by atomic mass is 9.89. The molecule has 7 heteroatoms. The van der Waals surface area contributed by atoms with E-state index in [4.69, 9.17) is 9.47 Å². The van der Waals surface area contributed by atoms with E-state index in [9.17, 15) is 18.8 Å². The summed E-state index contributed by atoms with van der Waals surface area (Å²) in [6, 6.07) is 3.82. The van der Waals surface area contributed by atoms with E-state index in [0.717, 1.165) is 6.07 Å². The quantitative estimate of drug-likeness (QED) is 0.741. The van der Waals surface area contributed by atoms with Gasteiger partial charge >= 0.3 is 0 Å². The predicted octanol–water partition coefficient (Wildman–Crippen LogP) is 2.91. The van der Waals surface area contributed by atoms with Crippen molar-refractivity contribution in [2.45, 2.75) is 38.7 Å². The van der Waals surface area contributed by atoms with E-state index in [1.54, 1.807) is 13.8 Å². The standard InChI is InChI=1S/C21H24FNO5/c1-21(2)11-15(24)10-18(28-21)20(26)23-8-4-5-13(12-23)19(25)16-9-14(22)6-7-17(16)27-3/h6-7,9-10,13H,4-5,8,11-12H2,1-3H3. The number of ketones is 2. The average Bonchev–Trinajstić information content (AvgIpc) is 2.65. The van der Waals surface area contributed by atoms with Gasteiger partial charge < -0.3 is 14.4 Å². The number of allylic oxidation sites excluding steroid dienone is 1. The maximum Gasteiger partial charge on any atom is 0.289 e. The lowest BCUT2D eigenvalue weighted by Crippen LogP contribution is -2.45. The molecule has 0 bridgehead atoms. The van der Waals surface area contributed by atoms with Gasteiger partial charge in [-0.05, 0) is 44.9 Å². The lowest BCUT2D eigenvalue weighted by molar-refractivity contribution is -0.139. The Morgan fingerprint density at radius 1 is 1.32 bits per heavy atom. The number of carbonyl (C=O) groups is 3. The highest BCUT2D eigenvalue weighted by molar-refractivity contribution is 6.03. The second kappa shape index (κ2) is 7.73. The van der Waals surface area contributed by atoms with Gasteiger partial charge in [0, 0.05) is 31.5 Å². The highest BCUT2D eigenvalue weighted by Gasteiger charge is 2.36. The highest BCUT2D eigenvalue weighted by Crippen LogP contribution is 2.30. The van der Waals surface area contributed by atoms with Crippen LogP contribution in [0.1, 0.15) is 43.5 Å². The van der Waals surface area contributed by atoms with E-state index in [2.05, 4.69) is 0 Å². The van der Waals surface area contributed by atoms with Crippen LogP contribution in [-0.4, -0.2) is 48.2 Å². The first-order chi connectivity index (χ1) is 13.2. The monoisotopic (exact) mass is 389 g/mol. The summed E-state index contributed by atoms with van der Waals surface area (Å²) in [7, 11) is 1.42. The Balaban J connectivity index is 1.77. The second-order valence-corrected chi connectivity index (χ2v) is 7.81. The molecule has 0 N–H and O–H groups in total. The van der Waals surface area contributed by atoms with Gasteiger partial charge in [-0.25, -0.2) is 4.39 Å². The molecule has 0 radical (unpaired) electrons. The fourth-order valence-electron chi connectivity index (χ4n) is 3.71. The van der Waals surface area contributed by atoms with Crippen molar-refractivity contribution in [3.63, 3.8) is 0 Å². The summed E-state index contributed by atoms with van der Waals surface area (Å²) in [5.41, 5.74) is -0.567. The van der Waals surface area contributed by atoms with Gasteiger partial charge in [-0.3, -0.25) is 14.4 Å². The third-order valence-corrected chi connectivity index (χ3v) is 5.00. The van der Waals surface area contributed by atoms with Crippen LogP contribution >= 0.6 is 0 Å². The molecule has 1 atom stereocenters. The van der Waals surface area contributed by atoms with Crippen LogP contribution in [0.4, 0.5) is 4.39 Å². The number of Topliss-reactive ketones (excluding diaryl/α,β-unsaturated/α-hetero) is 1. The maximum absolute atomic E-state index is 13.6. The lowest BCUT2D eigenvalue weighted by Gasteiger charge is -2.35. The van der Waals surface area contributed by atoms with Crippen LogP contribution in [0.3, 0.4) is 0 Å². The molecular formula is C21H24FNO5. The number of benzene rings is 1. The first-order valence-electron chi connectivity index (χ1n) is 9.31. The number of methoxy groups -OCH3 is 1. The smallest absolute Gasteiger partial charge is 0.289 e. The van der Waals surface area contributed by atoms with Crippen molar-refractivity contribution in [1.29, 1.82) is 0 Å². The Morgan fingerprint density at radius 3 is 2.75 bits per heavy atom. The summed E-state index contributed by atoms with van der Waals surface area (Å²) in [5.74, 6) is -1.49. The molecule has 2 aliphatic rings. The molecule has 0 aromatic heterocycles. The molecule has 3 rings (SSSR count). The average molecular weight is 389 g/mol. The fourth-order valence-corrected chi connectivity index (χ4v) is 3.71. The molecule has 1 aromatic rings. The number of nitrogens with zero attached hydrogens (tertiary/aromatic N) is 1. The zero-order valence-electron chi connectivity index (χ0n) is 16.3. The van der Waals surface area contributed by atoms with Gasteiger partial charge in [0.25, 0.3) is 5.91 Å². The molecule has 150 valence electrons. The van der Waals surface area contributed by atoms with Crippen LogP contribution in [0.2, 0.25) is 0 Å². The molecule has 28 heavy (non-hydrogen) atoms. The van der Waals surface area contributed by atoms with E-state index in [1.807, 2.05) is 0 Å². The molecule has 1 amide bonds. The van der Waals surface area contributed by atoms with Crippen LogP contribution in [0.15, 0.2) is 30.0 Å². The maximum atomic E-state index is 13.6. The summed E-state index contributed by atoms with van der Waals surface area (Å²) in [4.78, 5) is 39.2. The minimum Gasteiger partial charge on any atom is -0.496 e. The molecule has 6 nitrogen and oxygen atoms in total. The van der Waals surface area contributed by atoms with Crippen LogP contribution < -0.4 is 4.74 Å². The molecule has 0 aliphatic carbocycles. The van der Waals surface area contributed by atoms with Crippen LogP contribution in [-0.2, 0) is 14.3 Å². The fraction of sp³-hybridized carbons (Fsp3) is 0.476. The summed E-state index contributed by atoms with van der Waals surface area (Å²) in [6.07, 6.45) is 2.66. The van der Waals surface area contributed by atoms with Gasteiger partial charge in [-0.1, -0.05) is 0 Å². The molecule has 0 saturated carbocycles. The Kier molecular flexibility index (Phi) is 5.54. The summed E-state index contributed by atoms with van der Waals surface area (Å²) in [5, 5.41) is 0. The van der Waals surface area contributed by atoms with Crippen LogP contribution in [0, 0.1) is 11.7 Å². The van der Waals surface area contributed by atoms with Crippen molar-refractivity contribution < 1.29 is 28.2 Å². The number of ether oxygens (including phenoxy) is 2. The van der Waals surface area contributed by atoms with Gasteiger partial charge in [0.05, 0.1) is 12.7 Å². The first kappa shape index (κ1) is 20.0. The molecule has 2 heterocycles. The topological polar surface area (TPSA) is 72.9 Å². The highest BCUT2D eigenvalue weighted by atomic mass is 19.1. The van der Waals surface area contributed by atoms with Gasteiger partial charge in [-0.15, -0.1) is 0 Å². The number of amides is 1. The van der Waals surface area contributed by atoms with Gasteiger partial charge in [0.1, 0.15) is 17.2 Å². The largest absolute Gasteiger partial charge is 0.496 e. The number of hydrogen-bond donors (Lipinski definition) is 0. The van der Waals surface area contributed by atoms with Crippen molar-refractivity contribution in [3.8, 4) is 5.75 Å². The summed E-state index contributed by atoms with van der Waals surface area (Å²) < 4.78 is 24.5. The van der Waals surface area contributed by atoms with Crippen molar-refractivity contribution in [2.24, 2.45) is 5.92 Å². The number of hydrogen-bond acceptors (Lipinski definition) is 5. The third-order valence-electron chi connectivity index (χ3n) is 5.00. The Morgan fingerprint density at radius 2 is 2.07 bits per heavy atom. The summed E-state index contributed by atoms with van der Waals surface area (Å²) >= 11 is 0. The minimum atomic E-state index is -0.739. The number of carbonyl (C=O) groups excluding carboxylic acids is 3. The molecule has 1 fully saturated rings. The predicted molar refractivity (Wildman–Crippen MR) is 99.5 cm³/mol. The van der Waals surface area contributed by atoms with Crippen molar-refractivity contribution >= 4 is 17.5 Å². The van der Waals surface area contributed by atoms with E-state index in [0.29, 0.717) is 25.1 Å². The Labute approximate surface area is 163 Å². The first-order valence-corrected chi connectivity index (χ1v) is 9.31. The van der Waals surface area contributed by atoms with E-state index >= 15 is 0 Å². The molecule has 0 spiro atoms. The number of halogens is 1.